The maximum atomic E-state index is 5.79. The van der Waals surface area contributed by atoms with Gasteiger partial charge in [-0.05, 0) is 47.1 Å². The molecule has 0 aliphatic rings. The minimum Gasteiger partial charge on any atom is -0.458 e. The third-order valence-corrected chi connectivity index (χ3v) is 3.16. The molecule has 3 heterocycles. The number of nitrogens with zero attached hydrogens (tertiary/aromatic N) is 2. The Bertz CT molecular complexity index is 699. The molecule has 4 nitrogen and oxygen atoms in total. The Hall–Kier alpha value is -1.75. The Kier molecular flexibility index (Phi) is 2.22. The number of anilines is 1. The second kappa shape index (κ2) is 3.63. The molecule has 0 saturated heterocycles. The van der Waals surface area contributed by atoms with E-state index in [0.717, 1.165) is 27.5 Å². The van der Waals surface area contributed by atoms with Gasteiger partial charge in [0.1, 0.15) is 10.4 Å². The van der Waals surface area contributed by atoms with Crippen LogP contribution in [-0.2, 0) is 0 Å². The number of pyridine rings is 1. The summed E-state index contributed by atoms with van der Waals surface area (Å²) in [6.07, 6.45) is 1.83. The van der Waals surface area contributed by atoms with Crippen molar-refractivity contribution < 1.29 is 4.42 Å². The Morgan fingerprint density at radius 3 is 2.82 bits per heavy atom. The average Bonchev–Trinajstić information content (AvgIpc) is 2.83. The standard InChI is InChI=1S/C12H10BrN3O/c1-7-2-5-10(17-7)12-15-11(13)9-4-3-8(14)6-16(9)12/h2-6H,14H2,1H3. The molecule has 0 aliphatic carbocycles. The minimum atomic E-state index is 0.687. The van der Waals surface area contributed by atoms with Crippen LogP contribution in [0.4, 0.5) is 5.69 Å². The van der Waals surface area contributed by atoms with Crippen molar-refractivity contribution in [3.8, 4) is 11.6 Å². The summed E-state index contributed by atoms with van der Waals surface area (Å²) in [4.78, 5) is 4.44. The third-order valence-electron chi connectivity index (χ3n) is 2.58. The van der Waals surface area contributed by atoms with Crippen LogP contribution in [0, 0.1) is 6.92 Å². The normalized spacial score (nSPS) is 11.2. The van der Waals surface area contributed by atoms with Crippen LogP contribution in [0.25, 0.3) is 17.1 Å². The van der Waals surface area contributed by atoms with E-state index >= 15 is 0 Å². The van der Waals surface area contributed by atoms with Gasteiger partial charge < -0.3 is 10.2 Å². The van der Waals surface area contributed by atoms with E-state index in [-0.39, 0.29) is 0 Å². The Labute approximate surface area is 106 Å². The molecule has 3 aromatic rings. The van der Waals surface area contributed by atoms with Gasteiger partial charge in [0.15, 0.2) is 11.6 Å². The first-order chi connectivity index (χ1) is 8.15. The molecule has 17 heavy (non-hydrogen) atoms. The Morgan fingerprint density at radius 1 is 1.29 bits per heavy atom. The molecule has 3 rings (SSSR count). The van der Waals surface area contributed by atoms with Crippen molar-refractivity contribution in [3.63, 3.8) is 0 Å². The predicted molar refractivity (Wildman–Crippen MR) is 69.7 cm³/mol. The van der Waals surface area contributed by atoms with Gasteiger partial charge >= 0.3 is 0 Å². The summed E-state index contributed by atoms with van der Waals surface area (Å²) in [7, 11) is 0. The van der Waals surface area contributed by atoms with E-state index in [2.05, 4.69) is 20.9 Å². The van der Waals surface area contributed by atoms with Gasteiger partial charge in [-0.25, -0.2) is 4.98 Å². The van der Waals surface area contributed by atoms with Crippen LogP contribution in [0.15, 0.2) is 39.5 Å². The molecule has 0 bridgehead atoms. The van der Waals surface area contributed by atoms with Crippen LogP contribution in [0.1, 0.15) is 5.76 Å². The molecule has 0 spiro atoms. The average molecular weight is 292 g/mol. The largest absolute Gasteiger partial charge is 0.458 e. The lowest BCUT2D eigenvalue weighted by Gasteiger charge is -1.99. The molecule has 0 amide bonds. The molecule has 5 heteroatoms. The monoisotopic (exact) mass is 291 g/mol. The van der Waals surface area contributed by atoms with Gasteiger partial charge in [0, 0.05) is 11.9 Å². The highest BCUT2D eigenvalue weighted by molar-refractivity contribution is 9.10. The lowest BCUT2D eigenvalue weighted by molar-refractivity contribution is 0.544. The smallest absolute Gasteiger partial charge is 0.182 e. The number of nitrogen functional groups attached to an aromatic ring is 1. The fourth-order valence-corrected chi connectivity index (χ4v) is 2.28. The number of aromatic nitrogens is 2. The Balaban J connectivity index is 2.33. The van der Waals surface area contributed by atoms with Gasteiger partial charge in [-0.1, -0.05) is 0 Å². The zero-order valence-electron chi connectivity index (χ0n) is 9.14. The molecule has 0 atom stereocenters. The first-order valence-corrected chi connectivity index (χ1v) is 5.94. The molecular formula is C12H10BrN3O. The number of hydrogen-bond donors (Lipinski definition) is 1. The summed E-state index contributed by atoms with van der Waals surface area (Å²) in [5.74, 6) is 2.33. The van der Waals surface area contributed by atoms with E-state index in [0.29, 0.717) is 5.69 Å². The number of halogens is 1. The topological polar surface area (TPSA) is 56.5 Å². The van der Waals surface area contributed by atoms with E-state index < -0.39 is 0 Å². The van der Waals surface area contributed by atoms with Crippen LogP contribution >= 0.6 is 15.9 Å². The van der Waals surface area contributed by atoms with E-state index in [1.165, 1.54) is 0 Å². The molecule has 0 aliphatic heterocycles. The van der Waals surface area contributed by atoms with Crippen LogP contribution in [0.2, 0.25) is 0 Å². The number of fused-ring (bicyclic) bond motifs is 1. The summed E-state index contributed by atoms with van der Waals surface area (Å²) < 4.78 is 8.28. The summed E-state index contributed by atoms with van der Waals surface area (Å²) in [6.45, 7) is 1.91. The summed E-state index contributed by atoms with van der Waals surface area (Å²) in [5.41, 5.74) is 7.44. The van der Waals surface area contributed by atoms with Crippen molar-refractivity contribution in [2.75, 3.05) is 5.73 Å². The quantitative estimate of drug-likeness (QED) is 0.749. The zero-order chi connectivity index (χ0) is 12.0. The molecule has 0 saturated carbocycles. The van der Waals surface area contributed by atoms with Crippen molar-refractivity contribution in [3.05, 3.63) is 40.8 Å². The number of hydrogen-bond acceptors (Lipinski definition) is 3. The van der Waals surface area contributed by atoms with Gasteiger partial charge in [0.25, 0.3) is 0 Å². The molecule has 2 N–H and O–H groups in total. The number of furan rings is 1. The van der Waals surface area contributed by atoms with Crippen molar-refractivity contribution in [1.29, 1.82) is 0 Å². The second-order valence-corrected chi connectivity index (χ2v) is 4.61. The third kappa shape index (κ3) is 1.63. The van der Waals surface area contributed by atoms with Crippen LogP contribution in [-0.4, -0.2) is 9.38 Å². The molecular weight excluding hydrogens is 282 g/mol. The maximum Gasteiger partial charge on any atom is 0.182 e. The molecule has 0 aromatic carbocycles. The van der Waals surface area contributed by atoms with E-state index in [1.54, 1.807) is 0 Å². The second-order valence-electron chi connectivity index (χ2n) is 3.85. The van der Waals surface area contributed by atoms with Gasteiger partial charge in [0.05, 0.1) is 5.52 Å². The number of rotatable bonds is 1. The zero-order valence-corrected chi connectivity index (χ0v) is 10.7. The highest BCUT2D eigenvalue weighted by atomic mass is 79.9. The van der Waals surface area contributed by atoms with Gasteiger partial charge in [-0.3, -0.25) is 4.40 Å². The van der Waals surface area contributed by atoms with Crippen LogP contribution in [0.3, 0.4) is 0 Å². The van der Waals surface area contributed by atoms with Gasteiger partial charge in [-0.15, -0.1) is 0 Å². The fourth-order valence-electron chi connectivity index (χ4n) is 1.79. The van der Waals surface area contributed by atoms with Crippen LogP contribution < -0.4 is 5.73 Å². The van der Waals surface area contributed by atoms with Gasteiger partial charge in [-0.2, -0.15) is 0 Å². The molecule has 0 unspecified atom stereocenters. The highest BCUT2D eigenvalue weighted by Crippen LogP contribution is 2.28. The van der Waals surface area contributed by atoms with Crippen LogP contribution in [0.5, 0.6) is 0 Å². The molecule has 0 fully saturated rings. The molecule has 3 aromatic heterocycles. The van der Waals surface area contributed by atoms with Crippen molar-refractivity contribution >= 4 is 27.1 Å². The maximum absolute atomic E-state index is 5.79. The minimum absolute atomic E-state index is 0.687. The van der Waals surface area contributed by atoms with Crippen molar-refractivity contribution in [2.45, 2.75) is 6.92 Å². The SMILES string of the molecule is Cc1ccc(-c2nc(Br)c3ccc(N)cn23)o1. The highest BCUT2D eigenvalue weighted by Gasteiger charge is 2.13. The number of aryl methyl sites for hydroxylation is 1. The first kappa shape index (κ1) is 10.4. The fraction of sp³-hybridized carbons (Fsp3) is 0.0833. The predicted octanol–water partition coefficient (Wildman–Crippen LogP) is 3.25. The van der Waals surface area contributed by atoms with Gasteiger partial charge in [0.2, 0.25) is 0 Å². The Morgan fingerprint density at radius 2 is 2.12 bits per heavy atom. The summed E-state index contributed by atoms with van der Waals surface area (Å²) in [6, 6.07) is 7.58. The van der Waals surface area contributed by atoms with E-state index in [1.807, 2.05) is 41.8 Å². The summed E-state index contributed by atoms with van der Waals surface area (Å²) >= 11 is 3.43. The molecule has 86 valence electrons. The lowest BCUT2D eigenvalue weighted by Crippen LogP contribution is -1.92. The first-order valence-electron chi connectivity index (χ1n) is 5.15. The van der Waals surface area contributed by atoms with Crippen molar-refractivity contribution in [2.24, 2.45) is 0 Å². The number of nitrogens with two attached hydrogens (primary N) is 1. The van der Waals surface area contributed by atoms with E-state index in [4.69, 9.17) is 10.2 Å². The van der Waals surface area contributed by atoms with Crippen molar-refractivity contribution in [1.82, 2.24) is 9.38 Å². The number of imidazole rings is 1. The summed E-state index contributed by atoms with van der Waals surface area (Å²) in [5, 5.41) is 0. The lowest BCUT2D eigenvalue weighted by atomic mass is 10.3. The molecule has 0 radical (unpaired) electrons. The van der Waals surface area contributed by atoms with E-state index in [9.17, 15) is 0 Å².